The van der Waals surface area contributed by atoms with Gasteiger partial charge in [-0.3, -0.25) is 13.4 Å². The zero-order valence-electron chi connectivity index (χ0n) is 11.7. The molecule has 0 spiro atoms. The molecule has 1 aliphatic heterocycles. The van der Waals surface area contributed by atoms with Crippen molar-refractivity contribution in [3.8, 4) is 0 Å². The molecule has 0 amide bonds. The lowest BCUT2D eigenvalue weighted by atomic mass is 9.98. The predicted octanol–water partition coefficient (Wildman–Crippen LogP) is -3.30. The van der Waals surface area contributed by atoms with E-state index in [0.29, 0.717) is 0 Å². The number of aliphatic hydroxyl groups excluding tert-OH is 2. The van der Waals surface area contributed by atoms with Gasteiger partial charge in [0, 0.05) is 0 Å². The summed E-state index contributed by atoms with van der Waals surface area (Å²) in [5.41, 5.74) is -1.72. The van der Waals surface area contributed by atoms with Crippen molar-refractivity contribution in [3.63, 3.8) is 0 Å². The highest BCUT2D eigenvalue weighted by Gasteiger charge is 2.50. The van der Waals surface area contributed by atoms with Crippen molar-refractivity contribution in [2.45, 2.75) is 37.8 Å². The minimum atomic E-state index is -6.07. The zero-order chi connectivity index (χ0) is 18.3. The second-order valence-electron chi connectivity index (χ2n) is 4.85. The molecule has 2 N–H and O–H groups in total. The molecule has 0 aliphatic carbocycles. The summed E-state index contributed by atoms with van der Waals surface area (Å²) in [5.74, 6) is 0. The highest BCUT2D eigenvalue weighted by atomic mass is 31.3. The smallest absolute Gasteiger partial charge is 0.278 e. The van der Waals surface area contributed by atoms with Gasteiger partial charge < -0.3 is 43.6 Å². The van der Waals surface area contributed by atoms with Crippen LogP contribution in [-0.2, 0) is 31.6 Å². The Bertz CT molecular complexity index is 572. The van der Waals surface area contributed by atoms with E-state index in [9.17, 15) is 43.5 Å². The van der Waals surface area contributed by atoms with Crippen molar-refractivity contribution >= 4 is 23.5 Å². The first-order chi connectivity index (χ1) is 10.1. The van der Waals surface area contributed by atoms with E-state index >= 15 is 0 Å². The number of rotatable bonds is 7. The summed E-state index contributed by atoms with van der Waals surface area (Å²) < 4.78 is 48.1. The summed E-state index contributed by atoms with van der Waals surface area (Å²) >= 11 is 0. The Morgan fingerprint density at radius 2 is 1.61 bits per heavy atom. The Morgan fingerprint density at radius 1 is 1.09 bits per heavy atom. The molecule has 0 aromatic heterocycles. The van der Waals surface area contributed by atoms with Crippen LogP contribution in [0.3, 0.4) is 0 Å². The molecular weight excluding hydrogens is 385 g/mol. The first kappa shape index (κ1) is 21.3. The molecule has 0 bridgehead atoms. The number of ether oxygens (including phenoxy) is 1. The average Bonchev–Trinajstić information content (AvgIpc) is 2.47. The summed E-state index contributed by atoms with van der Waals surface area (Å²) in [5, 5.41) is 19.2. The van der Waals surface area contributed by atoms with E-state index in [1.165, 1.54) is 13.8 Å². The molecule has 138 valence electrons. The van der Waals surface area contributed by atoms with Crippen LogP contribution in [0.4, 0.5) is 0 Å². The van der Waals surface area contributed by atoms with Crippen LogP contribution >= 0.6 is 23.5 Å². The van der Waals surface area contributed by atoms with Crippen molar-refractivity contribution in [2.75, 3.05) is 6.61 Å². The first-order valence-corrected chi connectivity index (χ1v) is 10.2. The second-order valence-corrected chi connectivity index (χ2v) is 9.10. The van der Waals surface area contributed by atoms with E-state index in [1.807, 2.05) is 0 Å². The summed E-state index contributed by atoms with van der Waals surface area (Å²) in [6.45, 7) is 1.58. The molecule has 6 atom stereocenters. The van der Waals surface area contributed by atoms with Gasteiger partial charge in [0.2, 0.25) is 0 Å². The van der Waals surface area contributed by atoms with Crippen LogP contribution in [0.5, 0.6) is 0 Å². The van der Waals surface area contributed by atoms with Crippen LogP contribution in [0, 0.1) is 0 Å². The van der Waals surface area contributed by atoms with E-state index in [1.54, 1.807) is 0 Å². The van der Waals surface area contributed by atoms with Crippen LogP contribution in [0.1, 0.15) is 13.8 Å². The van der Waals surface area contributed by atoms with Gasteiger partial charge in [-0.1, -0.05) is 0 Å². The quantitative estimate of drug-likeness (QED) is 0.402. The molecule has 16 heteroatoms. The maximum Gasteiger partial charge on any atom is 0.278 e. The highest BCUT2D eigenvalue weighted by Crippen LogP contribution is 2.60. The summed E-state index contributed by atoms with van der Waals surface area (Å²) in [6.07, 6.45) is -3.78. The predicted molar refractivity (Wildman–Crippen MR) is 61.9 cm³/mol. The SMILES string of the molecule is CC1OC(C)(COP(=O)([O-])OP(=O)([O-])OP(=O)([O-])[O-])C(O)C1O. The van der Waals surface area contributed by atoms with Crippen molar-refractivity contribution in [1.29, 1.82) is 0 Å². The third-order valence-corrected chi connectivity index (χ3v) is 6.44. The van der Waals surface area contributed by atoms with E-state index in [2.05, 4.69) is 13.1 Å². The Hall–Kier alpha value is 0.290. The topological polar surface area (TPSA) is 221 Å². The van der Waals surface area contributed by atoms with E-state index in [0.717, 1.165) is 0 Å². The number of hydrogen-bond donors (Lipinski definition) is 2. The van der Waals surface area contributed by atoms with Crippen LogP contribution in [0.25, 0.3) is 0 Å². The number of phosphoric ester groups is 1. The molecule has 1 saturated heterocycles. The number of phosphoric acid groups is 3. The molecule has 1 rings (SSSR count). The van der Waals surface area contributed by atoms with Gasteiger partial charge in [0.25, 0.3) is 15.6 Å². The monoisotopic (exact) mass is 398 g/mol. The summed E-state index contributed by atoms with van der Waals surface area (Å²) in [4.78, 5) is 42.6. The lowest BCUT2D eigenvalue weighted by Crippen LogP contribution is -2.44. The van der Waals surface area contributed by atoms with E-state index in [4.69, 9.17) is 4.74 Å². The molecule has 13 nitrogen and oxygen atoms in total. The Labute approximate surface area is 130 Å². The Morgan fingerprint density at radius 3 is 2.00 bits per heavy atom. The van der Waals surface area contributed by atoms with Crippen LogP contribution < -0.4 is 19.6 Å². The van der Waals surface area contributed by atoms with Crippen molar-refractivity contribution in [2.24, 2.45) is 0 Å². The molecule has 1 fully saturated rings. The van der Waals surface area contributed by atoms with Gasteiger partial charge >= 0.3 is 0 Å². The molecule has 6 unspecified atom stereocenters. The van der Waals surface area contributed by atoms with Crippen molar-refractivity contribution in [1.82, 2.24) is 0 Å². The van der Waals surface area contributed by atoms with Crippen LogP contribution in [-0.4, -0.2) is 40.7 Å². The van der Waals surface area contributed by atoms with Gasteiger partial charge in [-0.25, -0.2) is 4.31 Å². The van der Waals surface area contributed by atoms with Crippen LogP contribution in [0.15, 0.2) is 0 Å². The standard InChI is InChI=1S/C7H17O13P3/c1-4-5(8)6(9)7(2,18-4)3-17-22(13,14)20-23(15,16)19-21(10,11)12/h4-6,8-9H,3H2,1-2H3,(H,13,14)(H,15,16)(H2,10,11,12)/p-4. The minimum absolute atomic E-state index is 0.869. The molecule has 0 radical (unpaired) electrons. The molecule has 0 aromatic rings. The lowest BCUT2D eigenvalue weighted by Gasteiger charge is -2.38. The van der Waals surface area contributed by atoms with Gasteiger partial charge in [0.1, 0.15) is 17.8 Å². The molecule has 23 heavy (non-hydrogen) atoms. The maximum absolute atomic E-state index is 11.3. The van der Waals surface area contributed by atoms with Gasteiger partial charge in [-0.15, -0.1) is 0 Å². The van der Waals surface area contributed by atoms with Gasteiger partial charge in [0.15, 0.2) is 0 Å². The average molecular weight is 398 g/mol. The normalized spacial score (nSPS) is 37.3. The largest absolute Gasteiger partial charge is 0.790 e. The molecule has 1 heterocycles. The Balaban J connectivity index is 2.71. The van der Waals surface area contributed by atoms with Gasteiger partial charge in [-0.05, 0) is 13.8 Å². The van der Waals surface area contributed by atoms with Crippen molar-refractivity contribution in [3.05, 3.63) is 0 Å². The Kier molecular flexibility index (Phi) is 6.39. The van der Waals surface area contributed by atoms with Crippen LogP contribution in [0.2, 0.25) is 0 Å². The van der Waals surface area contributed by atoms with E-state index < -0.39 is 54.0 Å². The zero-order valence-corrected chi connectivity index (χ0v) is 14.3. The lowest BCUT2D eigenvalue weighted by molar-refractivity contribution is -0.339. The molecular formula is C7H13O13P3-4. The van der Waals surface area contributed by atoms with E-state index in [-0.39, 0.29) is 0 Å². The fourth-order valence-electron chi connectivity index (χ4n) is 1.79. The minimum Gasteiger partial charge on any atom is -0.790 e. The van der Waals surface area contributed by atoms with Gasteiger partial charge in [0.05, 0.1) is 20.5 Å². The van der Waals surface area contributed by atoms with Crippen molar-refractivity contribution < 1.29 is 61.4 Å². The first-order valence-electron chi connectivity index (χ1n) is 5.82. The number of aliphatic hydroxyl groups is 2. The second kappa shape index (κ2) is 6.89. The van der Waals surface area contributed by atoms with Gasteiger partial charge in [-0.2, -0.15) is 0 Å². The highest BCUT2D eigenvalue weighted by molar-refractivity contribution is 7.64. The summed E-state index contributed by atoms with van der Waals surface area (Å²) in [7, 11) is -17.8. The maximum atomic E-state index is 11.3. The third kappa shape index (κ3) is 6.26. The fourth-order valence-corrected chi connectivity index (χ4v) is 4.74. The number of hydrogen-bond acceptors (Lipinski definition) is 13. The molecule has 1 aliphatic rings. The summed E-state index contributed by atoms with van der Waals surface area (Å²) in [6, 6.07) is 0. The third-order valence-electron chi connectivity index (χ3n) is 2.79. The molecule has 0 saturated carbocycles. The fraction of sp³-hybridized carbons (Fsp3) is 1.00. The molecule has 0 aromatic carbocycles.